The van der Waals surface area contributed by atoms with Crippen molar-refractivity contribution in [2.75, 3.05) is 11.1 Å². The predicted molar refractivity (Wildman–Crippen MR) is 129 cm³/mol. The van der Waals surface area contributed by atoms with E-state index in [1.165, 1.54) is 23.9 Å². The number of nitrogens with zero attached hydrogens (tertiary/aromatic N) is 3. The highest BCUT2D eigenvalue weighted by molar-refractivity contribution is 7.99. The average molecular weight is 513 g/mol. The normalized spacial score (nSPS) is 10.8. The molecule has 2 N–H and O–H groups in total. The third-order valence-corrected chi connectivity index (χ3v) is 6.18. The Labute approximate surface area is 204 Å². The van der Waals surface area contributed by atoms with Gasteiger partial charge in [-0.2, -0.15) is 0 Å². The van der Waals surface area contributed by atoms with E-state index in [1.807, 2.05) is 36.6 Å². The number of aromatic nitrogens is 3. The van der Waals surface area contributed by atoms with Gasteiger partial charge in [-0.1, -0.05) is 64.3 Å². The Kier molecular flexibility index (Phi) is 8.42. The second kappa shape index (κ2) is 11.0. The number of hydrogen-bond acceptors (Lipinski definition) is 5. The molecule has 3 rings (SSSR count). The van der Waals surface area contributed by atoms with Gasteiger partial charge >= 0.3 is 0 Å². The number of rotatable bonds is 8. The van der Waals surface area contributed by atoms with E-state index >= 15 is 0 Å². The van der Waals surface area contributed by atoms with E-state index in [-0.39, 0.29) is 34.2 Å². The maximum atomic E-state index is 12.4. The van der Waals surface area contributed by atoms with Crippen LogP contribution in [0.2, 0.25) is 15.1 Å². The zero-order chi connectivity index (χ0) is 23.3. The van der Waals surface area contributed by atoms with E-state index in [0.717, 1.165) is 5.56 Å². The maximum Gasteiger partial charge on any atom is 0.251 e. The van der Waals surface area contributed by atoms with Crippen LogP contribution in [0, 0.1) is 6.92 Å². The van der Waals surface area contributed by atoms with Crippen LogP contribution >= 0.6 is 46.6 Å². The van der Waals surface area contributed by atoms with Gasteiger partial charge in [0.15, 0.2) is 11.0 Å². The van der Waals surface area contributed by atoms with Crippen molar-refractivity contribution in [1.82, 2.24) is 20.1 Å². The summed E-state index contributed by atoms with van der Waals surface area (Å²) in [6.07, 6.45) is 0. The van der Waals surface area contributed by atoms with Crippen LogP contribution < -0.4 is 10.6 Å². The number of halogens is 3. The molecular weight excluding hydrogens is 493 g/mol. The van der Waals surface area contributed by atoms with Crippen LogP contribution in [0.3, 0.4) is 0 Å². The molecule has 2 amide bonds. The molecule has 168 valence electrons. The van der Waals surface area contributed by atoms with Crippen molar-refractivity contribution in [3.8, 4) is 0 Å². The van der Waals surface area contributed by atoms with Crippen LogP contribution in [-0.2, 0) is 17.9 Å². The van der Waals surface area contributed by atoms with E-state index in [0.29, 0.717) is 33.8 Å². The van der Waals surface area contributed by atoms with E-state index in [1.54, 1.807) is 6.07 Å². The first-order valence-electron chi connectivity index (χ1n) is 9.62. The van der Waals surface area contributed by atoms with Gasteiger partial charge in [0.2, 0.25) is 5.91 Å². The number of anilines is 1. The quantitative estimate of drug-likeness (QED) is 0.404. The van der Waals surface area contributed by atoms with E-state index < -0.39 is 0 Å². The molecule has 0 aliphatic heterocycles. The molecule has 7 nitrogen and oxygen atoms in total. The van der Waals surface area contributed by atoms with Gasteiger partial charge in [-0.05, 0) is 38.1 Å². The molecule has 0 spiro atoms. The Morgan fingerprint density at radius 2 is 1.81 bits per heavy atom. The number of thioether (sulfide) groups is 1. The Balaban J connectivity index is 1.60. The first-order valence-corrected chi connectivity index (χ1v) is 11.7. The molecule has 1 heterocycles. The van der Waals surface area contributed by atoms with Crippen LogP contribution in [0.5, 0.6) is 0 Å². The minimum absolute atomic E-state index is 0.0725. The number of hydrogen-bond donors (Lipinski definition) is 2. The molecule has 0 aliphatic carbocycles. The van der Waals surface area contributed by atoms with Crippen molar-refractivity contribution in [3.63, 3.8) is 0 Å². The Morgan fingerprint density at radius 3 is 2.47 bits per heavy atom. The fraction of sp³-hybridized carbons (Fsp3) is 0.238. The maximum absolute atomic E-state index is 12.4. The molecule has 0 radical (unpaired) electrons. The van der Waals surface area contributed by atoms with Crippen molar-refractivity contribution in [2.45, 2.75) is 32.1 Å². The molecule has 0 fully saturated rings. The monoisotopic (exact) mass is 511 g/mol. The highest BCUT2D eigenvalue weighted by Gasteiger charge is 2.16. The van der Waals surface area contributed by atoms with E-state index in [2.05, 4.69) is 20.8 Å². The fourth-order valence-electron chi connectivity index (χ4n) is 2.89. The number of benzene rings is 2. The number of amides is 2. The fourth-order valence-corrected chi connectivity index (χ4v) is 4.62. The zero-order valence-corrected chi connectivity index (χ0v) is 20.4. The molecule has 0 aliphatic rings. The Morgan fingerprint density at radius 1 is 1.09 bits per heavy atom. The molecule has 3 aromatic rings. The molecule has 1 aromatic heterocycles. The van der Waals surface area contributed by atoms with Crippen molar-refractivity contribution in [1.29, 1.82) is 0 Å². The molecule has 0 unspecified atom stereocenters. The first kappa shape index (κ1) is 24.4. The lowest BCUT2D eigenvalue weighted by Gasteiger charge is -2.10. The minimum Gasteiger partial charge on any atom is -0.345 e. The topological polar surface area (TPSA) is 88.9 Å². The Hall–Kier alpha value is -2.26. The summed E-state index contributed by atoms with van der Waals surface area (Å²) in [5.41, 5.74) is 1.89. The summed E-state index contributed by atoms with van der Waals surface area (Å²) < 4.78 is 1.84. The number of nitrogens with one attached hydrogen (secondary N) is 2. The zero-order valence-electron chi connectivity index (χ0n) is 17.3. The summed E-state index contributed by atoms with van der Waals surface area (Å²) in [5.74, 6) is 0.175. The molecule has 0 saturated carbocycles. The van der Waals surface area contributed by atoms with Crippen molar-refractivity contribution >= 4 is 64.1 Å². The van der Waals surface area contributed by atoms with Crippen LogP contribution in [-0.4, -0.2) is 32.3 Å². The summed E-state index contributed by atoms with van der Waals surface area (Å²) in [5, 5.41) is 15.3. The van der Waals surface area contributed by atoms with Crippen LogP contribution in [0.4, 0.5) is 5.69 Å². The van der Waals surface area contributed by atoms with Gasteiger partial charge in [-0.3, -0.25) is 9.59 Å². The van der Waals surface area contributed by atoms with Gasteiger partial charge in [-0.25, -0.2) is 0 Å². The van der Waals surface area contributed by atoms with Crippen molar-refractivity contribution in [2.24, 2.45) is 0 Å². The first-order chi connectivity index (χ1) is 15.3. The lowest BCUT2D eigenvalue weighted by Crippen LogP contribution is -2.25. The van der Waals surface area contributed by atoms with Crippen LogP contribution in [0.25, 0.3) is 0 Å². The van der Waals surface area contributed by atoms with Crippen molar-refractivity contribution in [3.05, 3.63) is 68.4 Å². The summed E-state index contributed by atoms with van der Waals surface area (Å²) in [7, 11) is 0. The third kappa shape index (κ3) is 6.16. The van der Waals surface area contributed by atoms with E-state index in [9.17, 15) is 9.59 Å². The molecular formula is C21H20Cl3N5O2S. The molecule has 32 heavy (non-hydrogen) atoms. The summed E-state index contributed by atoms with van der Waals surface area (Å²) >= 11 is 19.3. The lowest BCUT2D eigenvalue weighted by molar-refractivity contribution is -0.113. The standard InChI is InChI=1S/C21H20Cl3N5O2S/c1-3-29-17(10-25-20(31)13-6-4-5-12(2)7-13)27-28-21(29)32-11-18(30)26-19-15(23)8-14(22)9-16(19)24/h4-9H,3,10-11H2,1-2H3,(H,25,31)(H,26,30). The highest BCUT2D eigenvalue weighted by Crippen LogP contribution is 2.33. The number of aryl methyl sites for hydroxylation is 1. The molecule has 11 heteroatoms. The second-order valence-corrected chi connectivity index (χ2v) is 8.97. The number of carbonyl (C=O) groups is 2. The largest absolute Gasteiger partial charge is 0.345 e. The highest BCUT2D eigenvalue weighted by atomic mass is 35.5. The van der Waals surface area contributed by atoms with Gasteiger partial charge in [0.05, 0.1) is 28.0 Å². The summed E-state index contributed by atoms with van der Waals surface area (Å²) in [6, 6.07) is 10.3. The lowest BCUT2D eigenvalue weighted by atomic mass is 10.1. The Bertz CT molecular complexity index is 1130. The average Bonchev–Trinajstić information content (AvgIpc) is 3.14. The minimum atomic E-state index is -0.305. The predicted octanol–water partition coefficient (Wildman–Crippen LogP) is 5.23. The number of carbonyl (C=O) groups excluding carboxylic acids is 2. The van der Waals surface area contributed by atoms with Gasteiger partial charge in [-0.15, -0.1) is 10.2 Å². The second-order valence-electron chi connectivity index (χ2n) is 6.78. The van der Waals surface area contributed by atoms with Crippen molar-refractivity contribution < 1.29 is 9.59 Å². The van der Waals surface area contributed by atoms with Gasteiger partial charge < -0.3 is 15.2 Å². The summed E-state index contributed by atoms with van der Waals surface area (Å²) in [4.78, 5) is 24.8. The smallest absolute Gasteiger partial charge is 0.251 e. The SMILES string of the molecule is CCn1c(CNC(=O)c2cccc(C)c2)nnc1SCC(=O)Nc1c(Cl)cc(Cl)cc1Cl. The molecule has 0 bridgehead atoms. The van der Waals surface area contributed by atoms with Gasteiger partial charge in [0, 0.05) is 17.1 Å². The van der Waals surface area contributed by atoms with E-state index in [4.69, 9.17) is 34.8 Å². The van der Waals surface area contributed by atoms with Gasteiger partial charge in [0.1, 0.15) is 0 Å². The third-order valence-electron chi connectivity index (χ3n) is 4.40. The molecule has 0 saturated heterocycles. The van der Waals surface area contributed by atoms with Gasteiger partial charge in [0.25, 0.3) is 5.91 Å². The summed E-state index contributed by atoms with van der Waals surface area (Å²) in [6.45, 7) is 4.67. The van der Waals surface area contributed by atoms with Crippen LogP contribution in [0.15, 0.2) is 41.6 Å². The van der Waals surface area contributed by atoms with Crippen LogP contribution in [0.1, 0.15) is 28.7 Å². The molecule has 0 atom stereocenters. The molecule has 2 aromatic carbocycles.